The Balaban J connectivity index is 1.58. The molecule has 3 nitrogen and oxygen atoms in total. The highest BCUT2D eigenvalue weighted by Crippen LogP contribution is 2.37. The smallest absolute Gasteiger partial charge is 0.140 e. The second-order valence-electron chi connectivity index (χ2n) is 6.75. The molecule has 0 spiro atoms. The van der Waals surface area contributed by atoms with Crippen molar-refractivity contribution in [2.45, 2.75) is 44.3 Å². The van der Waals surface area contributed by atoms with Crippen molar-refractivity contribution >= 4 is 5.57 Å². The zero-order chi connectivity index (χ0) is 16.4. The third-order valence-corrected chi connectivity index (χ3v) is 5.24. The van der Waals surface area contributed by atoms with Gasteiger partial charge in [0.15, 0.2) is 0 Å². The Labute approximate surface area is 143 Å². The van der Waals surface area contributed by atoms with E-state index in [1.54, 1.807) is 0 Å². The van der Waals surface area contributed by atoms with E-state index < -0.39 is 0 Å². The van der Waals surface area contributed by atoms with E-state index in [0.717, 1.165) is 13.0 Å². The molecule has 3 heteroatoms. The molecule has 2 aromatic rings. The van der Waals surface area contributed by atoms with Crippen LogP contribution in [0.15, 0.2) is 54.7 Å². The van der Waals surface area contributed by atoms with Gasteiger partial charge in [-0.15, -0.1) is 0 Å². The third kappa shape index (κ3) is 2.98. The normalized spacial score (nSPS) is 23.4. The molecule has 2 atom stereocenters. The van der Waals surface area contributed by atoms with E-state index in [4.69, 9.17) is 5.26 Å². The Kier molecular flexibility index (Phi) is 4.15. The summed E-state index contributed by atoms with van der Waals surface area (Å²) in [5.74, 6) is 0. The summed E-state index contributed by atoms with van der Waals surface area (Å²) >= 11 is 0. The van der Waals surface area contributed by atoms with E-state index in [1.165, 1.54) is 36.0 Å². The van der Waals surface area contributed by atoms with E-state index in [1.807, 2.05) is 18.3 Å². The predicted molar refractivity (Wildman–Crippen MR) is 95.0 cm³/mol. The first-order chi connectivity index (χ1) is 11.8. The van der Waals surface area contributed by atoms with Crippen molar-refractivity contribution in [3.8, 4) is 6.07 Å². The minimum atomic E-state index is 0.487. The van der Waals surface area contributed by atoms with Gasteiger partial charge in [0.1, 0.15) is 11.8 Å². The topological polar surface area (TPSA) is 39.9 Å². The van der Waals surface area contributed by atoms with E-state index in [9.17, 15) is 0 Å². The number of rotatable bonds is 3. The number of nitrogens with zero attached hydrogens (tertiary/aromatic N) is 3. The molecule has 1 aromatic heterocycles. The summed E-state index contributed by atoms with van der Waals surface area (Å²) in [5.41, 5.74) is 4.45. The van der Waals surface area contributed by atoms with Gasteiger partial charge in [-0.1, -0.05) is 48.9 Å². The van der Waals surface area contributed by atoms with Crippen molar-refractivity contribution in [2.24, 2.45) is 0 Å². The van der Waals surface area contributed by atoms with Crippen molar-refractivity contribution in [3.63, 3.8) is 0 Å². The molecule has 120 valence electrons. The Morgan fingerprint density at radius 2 is 2.00 bits per heavy atom. The molecule has 1 aromatic carbocycles. The van der Waals surface area contributed by atoms with E-state index in [0.29, 0.717) is 17.8 Å². The van der Waals surface area contributed by atoms with Gasteiger partial charge >= 0.3 is 0 Å². The average Bonchev–Trinajstić information content (AvgIpc) is 2.62. The Morgan fingerprint density at radius 3 is 2.71 bits per heavy atom. The largest absolute Gasteiger partial charge is 0.289 e. The summed E-state index contributed by atoms with van der Waals surface area (Å²) in [5, 5.41) is 8.91. The zero-order valence-corrected chi connectivity index (χ0v) is 13.7. The number of fused-ring (bicyclic) bond motifs is 2. The van der Waals surface area contributed by atoms with Crippen molar-refractivity contribution in [1.29, 1.82) is 5.26 Å². The lowest BCUT2D eigenvalue weighted by atomic mass is 9.83. The van der Waals surface area contributed by atoms with E-state index in [2.05, 4.69) is 52.4 Å². The molecule has 3 heterocycles. The maximum atomic E-state index is 8.91. The second kappa shape index (κ2) is 6.59. The van der Waals surface area contributed by atoms with Crippen LogP contribution in [-0.2, 0) is 6.54 Å². The van der Waals surface area contributed by atoms with Gasteiger partial charge in [-0.25, -0.2) is 4.98 Å². The number of piperidine rings is 1. The number of benzene rings is 1. The molecule has 1 saturated heterocycles. The van der Waals surface area contributed by atoms with Crippen molar-refractivity contribution in [3.05, 3.63) is 71.6 Å². The summed E-state index contributed by atoms with van der Waals surface area (Å²) in [6.07, 6.45) is 9.18. The summed E-state index contributed by atoms with van der Waals surface area (Å²) in [4.78, 5) is 6.90. The van der Waals surface area contributed by atoms with Gasteiger partial charge in [-0.05, 0) is 42.0 Å². The fourth-order valence-electron chi connectivity index (χ4n) is 4.02. The van der Waals surface area contributed by atoms with Crippen LogP contribution in [0, 0.1) is 11.3 Å². The highest BCUT2D eigenvalue weighted by Gasteiger charge is 2.34. The highest BCUT2D eigenvalue weighted by molar-refractivity contribution is 5.67. The van der Waals surface area contributed by atoms with E-state index >= 15 is 0 Å². The summed E-state index contributed by atoms with van der Waals surface area (Å²) in [6.45, 7) is 1.03. The van der Waals surface area contributed by atoms with Gasteiger partial charge in [-0.3, -0.25) is 4.90 Å². The predicted octanol–water partition coefficient (Wildman–Crippen LogP) is 4.16. The van der Waals surface area contributed by atoms with Crippen molar-refractivity contribution in [1.82, 2.24) is 9.88 Å². The lowest BCUT2D eigenvalue weighted by Crippen LogP contribution is -2.47. The zero-order valence-electron chi connectivity index (χ0n) is 13.7. The van der Waals surface area contributed by atoms with Crippen LogP contribution >= 0.6 is 0 Å². The van der Waals surface area contributed by atoms with Crippen LogP contribution in [0.2, 0.25) is 0 Å². The molecule has 0 aliphatic carbocycles. The Hall–Kier alpha value is -2.44. The fraction of sp³-hybridized carbons (Fsp3) is 0.333. The number of hydrogen-bond donors (Lipinski definition) is 0. The molecule has 0 amide bonds. The molecule has 4 rings (SSSR count). The van der Waals surface area contributed by atoms with Gasteiger partial charge in [0.2, 0.25) is 0 Å². The van der Waals surface area contributed by atoms with Crippen LogP contribution in [0.4, 0.5) is 0 Å². The molecule has 0 N–H and O–H groups in total. The van der Waals surface area contributed by atoms with Crippen molar-refractivity contribution < 1.29 is 0 Å². The first-order valence-electron chi connectivity index (χ1n) is 8.70. The van der Waals surface area contributed by atoms with Crippen LogP contribution in [0.1, 0.15) is 42.5 Å². The van der Waals surface area contributed by atoms with Gasteiger partial charge in [0, 0.05) is 24.8 Å². The van der Waals surface area contributed by atoms with Gasteiger partial charge in [-0.2, -0.15) is 5.26 Å². The number of nitriles is 1. The molecule has 0 saturated carbocycles. The molecule has 2 bridgehead atoms. The summed E-state index contributed by atoms with van der Waals surface area (Å²) < 4.78 is 0. The van der Waals surface area contributed by atoms with Gasteiger partial charge in [0.25, 0.3) is 0 Å². The lowest BCUT2D eigenvalue weighted by molar-refractivity contribution is 0.0951. The number of aromatic nitrogens is 1. The standard InChI is InChI=1S/C21H21N3/c22-13-19-10-9-17(14-23-19)18-11-20-7-4-8-21(12-18)24(20)15-16-5-2-1-3-6-16/h1-3,5-6,9-11,14,20-21H,4,7-8,12,15H2. The second-order valence-corrected chi connectivity index (χ2v) is 6.75. The summed E-state index contributed by atoms with van der Waals surface area (Å²) in [6, 6.07) is 17.9. The molecule has 2 aliphatic rings. The van der Waals surface area contributed by atoms with Crippen LogP contribution < -0.4 is 0 Å². The van der Waals surface area contributed by atoms with Crippen LogP contribution in [-0.4, -0.2) is 22.0 Å². The minimum absolute atomic E-state index is 0.487. The van der Waals surface area contributed by atoms with E-state index in [-0.39, 0.29) is 0 Å². The lowest BCUT2D eigenvalue weighted by Gasteiger charge is -2.45. The number of pyridine rings is 1. The molecule has 0 radical (unpaired) electrons. The first kappa shape index (κ1) is 15.1. The molecule has 2 unspecified atom stereocenters. The molecule has 1 fully saturated rings. The SMILES string of the molecule is N#Cc1ccc(C2=CC3CCCC(C2)N3Cc2ccccc2)cn1. The van der Waals surface area contributed by atoms with Gasteiger partial charge < -0.3 is 0 Å². The quantitative estimate of drug-likeness (QED) is 0.853. The Morgan fingerprint density at radius 1 is 1.12 bits per heavy atom. The third-order valence-electron chi connectivity index (χ3n) is 5.24. The molecular weight excluding hydrogens is 294 g/mol. The van der Waals surface area contributed by atoms with Crippen LogP contribution in [0.5, 0.6) is 0 Å². The maximum absolute atomic E-state index is 8.91. The Bertz CT molecular complexity index is 771. The monoisotopic (exact) mass is 315 g/mol. The minimum Gasteiger partial charge on any atom is -0.289 e. The number of hydrogen-bond acceptors (Lipinski definition) is 3. The van der Waals surface area contributed by atoms with Crippen molar-refractivity contribution in [2.75, 3.05) is 0 Å². The molecule has 24 heavy (non-hydrogen) atoms. The fourth-order valence-corrected chi connectivity index (χ4v) is 4.02. The maximum Gasteiger partial charge on any atom is 0.140 e. The molecule has 2 aliphatic heterocycles. The molecular formula is C21H21N3. The van der Waals surface area contributed by atoms with Crippen LogP contribution in [0.3, 0.4) is 0 Å². The van der Waals surface area contributed by atoms with Crippen LogP contribution in [0.25, 0.3) is 5.57 Å². The van der Waals surface area contributed by atoms with Gasteiger partial charge in [0.05, 0.1) is 0 Å². The summed E-state index contributed by atoms with van der Waals surface area (Å²) in [7, 11) is 0. The first-order valence-corrected chi connectivity index (χ1v) is 8.70. The average molecular weight is 315 g/mol. The highest BCUT2D eigenvalue weighted by atomic mass is 15.2.